The summed E-state index contributed by atoms with van der Waals surface area (Å²) in [4.78, 5) is 27.5. The van der Waals surface area contributed by atoms with E-state index >= 15 is 0 Å². The highest BCUT2D eigenvalue weighted by Crippen LogP contribution is 2.29. The lowest BCUT2D eigenvalue weighted by molar-refractivity contribution is -0.135. The molecule has 1 amide bonds. The van der Waals surface area contributed by atoms with Crippen molar-refractivity contribution in [1.29, 1.82) is 0 Å². The molecule has 1 heterocycles. The molecular formula is C26H21NO3. The minimum atomic E-state index is -0.464. The smallest absolute Gasteiger partial charge is 0.339 e. The van der Waals surface area contributed by atoms with Crippen molar-refractivity contribution in [2.75, 3.05) is 13.2 Å². The summed E-state index contributed by atoms with van der Waals surface area (Å²) in [5.41, 5.74) is 2.95. The molecule has 4 nitrogen and oxygen atoms in total. The third-order valence-corrected chi connectivity index (χ3v) is 5.79. The molecular weight excluding hydrogens is 374 g/mol. The van der Waals surface area contributed by atoms with Gasteiger partial charge in [0.05, 0.1) is 5.56 Å². The zero-order valence-corrected chi connectivity index (χ0v) is 16.5. The molecule has 0 aromatic heterocycles. The molecule has 0 N–H and O–H groups in total. The van der Waals surface area contributed by atoms with Crippen molar-refractivity contribution < 1.29 is 14.3 Å². The van der Waals surface area contributed by atoms with Gasteiger partial charge in [0.25, 0.3) is 5.91 Å². The van der Waals surface area contributed by atoms with Crippen molar-refractivity contribution in [3.63, 3.8) is 0 Å². The summed E-state index contributed by atoms with van der Waals surface area (Å²) >= 11 is 0. The second kappa shape index (κ2) is 7.64. The molecule has 0 atom stereocenters. The normalized spacial score (nSPS) is 13.3. The number of esters is 1. The maximum absolute atomic E-state index is 13.1. The second-order valence-electron chi connectivity index (χ2n) is 7.60. The third-order valence-electron chi connectivity index (χ3n) is 5.79. The molecule has 4 aromatic carbocycles. The molecule has 0 spiro atoms. The van der Waals surface area contributed by atoms with Crippen LogP contribution in [0.25, 0.3) is 21.5 Å². The Morgan fingerprint density at radius 2 is 1.40 bits per heavy atom. The number of nitrogens with zero attached hydrogens (tertiary/aromatic N) is 1. The molecule has 1 aliphatic rings. The highest BCUT2D eigenvalue weighted by molar-refractivity contribution is 6.16. The van der Waals surface area contributed by atoms with Gasteiger partial charge < -0.3 is 9.64 Å². The van der Waals surface area contributed by atoms with E-state index in [2.05, 4.69) is 12.1 Å². The Hall–Kier alpha value is -3.66. The summed E-state index contributed by atoms with van der Waals surface area (Å²) in [6, 6.07) is 25.7. The highest BCUT2D eigenvalue weighted by Gasteiger charge is 2.23. The predicted molar refractivity (Wildman–Crippen MR) is 117 cm³/mol. The first-order chi connectivity index (χ1) is 14.7. The van der Waals surface area contributed by atoms with Crippen molar-refractivity contribution in [3.8, 4) is 0 Å². The zero-order valence-electron chi connectivity index (χ0n) is 16.5. The summed E-state index contributed by atoms with van der Waals surface area (Å²) in [5.74, 6) is -0.629. The molecule has 0 saturated carbocycles. The SMILES string of the molecule is O=C(OCC(=O)N1CCc2ccccc2C1)c1c2ccccc2cc2ccccc12. The fourth-order valence-corrected chi connectivity index (χ4v) is 4.23. The third kappa shape index (κ3) is 3.30. The van der Waals surface area contributed by atoms with Crippen LogP contribution in [0.2, 0.25) is 0 Å². The van der Waals surface area contributed by atoms with E-state index in [1.807, 2.05) is 66.7 Å². The number of fused-ring (bicyclic) bond motifs is 3. The van der Waals surface area contributed by atoms with Crippen LogP contribution in [0.5, 0.6) is 0 Å². The molecule has 5 rings (SSSR count). The van der Waals surface area contributed by atoms with Crippen LogP contribution in [0.1, 0.15) is 21.5 Å². The van der Waals surface area contributed by atoms with E-state index in [9.17, 15) is 9.59 Å². The lowest BCUT2D eigenvalue weighted by Gasteiger charge is -2.28. The van der Waals surface area contributed by atoms with Gasteiger partial charge in [0.2, 0.25) is 0 Å². The Morgan fingerprint density at radius 3 is 2.10 bits per heavy atom. The van der Waals surface area contributed by atoms with Gasteiger partial charge in [-0.2, -0.15) is 0 Å². The predicted octanol–water partition coefficient (Wildman–Crippen LogP) is 4.73. The van der Waals surface area contributed by atoms with E-state index in [1.54, 1.807) is 4.90 Å². The van der Waals surface area contributed by atoms with Gasteiger partial charge in [-0.1, -0.05) is 72.8 Å². The zero-order chi connectivity index (χ0) is 20.5. The Balaban J connectivity index is 1.38. The summed E-state index contributed by atoms with van der Waals surface area (Å²) in [6.45, 7) is 0.951. The number of amides is 1. The Bertz CT molecular complexity index is 1220. The van der Waals surface area contributed by atoms with Gasteiger partial charge in [0.15, 0.2) is 6.61 Å². The summed E-state index contributed by atoms with van der Waals surface area (Å²) in [7, 11) is 0. The fourth-order valence-electron chi connectivity index (χ4n) is 4.23. The number of carbonyl (C=O) groups is 2. The van der Waals surface area contributed by atoms with Crippen LogP contribution in [0, 0.1) is 0 Å². The van der Waals surface area contributed by atoms with Crippen LogP contribution < -0.4 is 0 Å². The van der Waals surface area contributed by atoms with Crippen molar-refractivity contribution in [3.05, 3.63) is 95.6 Å². The molecule has 0 saturated heterocycles. The molecule has 148 valence electrons. The van der Waals surface area contributed by atoms with Crippen molar-refractivity contribution in [2.24, 2.45) is 0 Å². The standard InChI is InChI=1S/C26H21NO3/c28-24(27-14-13-18-7-1-2-10-21(18)16-27)17-30-26(29)25-22-11-5-3-8-19(22)15-20-9-4-6-12-23(20)25/h1-12,15H,13-14,16-17H2. The Morgan fingerprint density at radius 1 is 0.800 bits per heavy atom. The van der Waals surface area contributed by atoms with Gasteiger partial charge in [-0.15, -0.1) is 0 Å². The highest BCUT2D eigenvalue weighted by atomic mass is 16.5. The van der Waals surface area contributed by atoms with E-state index in [4.69, 9.17) is 4.74 Å². The first kappa shape index (κ1) is 18.4. The van der Waals surface area contributed by atoms with Crippen molar-refractivity contribution in [2.45, 2.75) is 13.0 Å². The Kier molecular flexibility index (Phi) is 4.68. The monoisotopic (exact) mass is 395 g/mol. The van der Waals surface area contributed by atoms with E-state index in [0.29, 0.717) is 18.7 Å². The van der Waals surface area contributed by atoms with Crippen LogP contribution in [0.3, 0.4) is 0 Å². The fraction of sp³-hybridized carbons (Fsp3) is 0.154. The van der Waals surface area contributed by atoms with E-state index in [1.165, 1.54) is 5.56 Å². The summed E-state index contributed by atoms with van der Waals surface area (Å²) in [6.07, 6.45) is 0.823. The first-order valence-electron chi connectivity index (χ1n) is 10.1. The van der Waals surface area contributed by atoms with Crippen molar-refractivity contribution in [1.82, 2.24) is 4.90 Å². The Labute approximate surface area is 174 Å². The van der Waals surface area contributed by atoms with Gasteiger partial charge in [0.1, 0.15) is 0 Å². The van der Waals surface area contributed by atoms with Crippen LogP contribution in [-0.4, -0.2) is 29.9 Å². The second-order valence-corrected chi connectivity index (χ2v) is 7.60. The van der Waals surface area contributed by atoms with Gasteiger partial charge in [0, 0.05) is 13.1 Å². The topological polar surface area (TPSA) is 46.6 Å². The molecule has 30 heavy (non-hydrogen) atoms. The molecule has 0 aliphatic carbocycles. The van der Waals surface area contributed by atoms with Crippen LogP contribution in [-0.2, 0) is 22.5 Å². The number of ether oxygens (including phenoxy) is 1. The number of rotatable bonds is 3. The summed E-state index contributed by atoms with van der Waals surface area (Å²) in [5, 5.41) is 3.62. The van der Waals surface area contributed by atoms with E-state index < -0.39 is 5.97 Å². The van der Waals surface area contributed by atoms with Crippen LogP contribution >= 0.6 is 0 Å². The van der Waals surface area contributed by atoms with Gasteiger partial charge in [-0.25, -0.2) is 4.79 Å². The van der Waals surface area contributed by atoms with Crippen molar-refractivity contribution >= 4 is 33.4 Å². The van der Waals surface area contributed by atoms with E-state index in [-0.39, 0.29) is 12.5 Å². The molecule has 1 aliphatic heterocycles. The van der Waals surface area contributed by atoms with Crippen LogP contribution in [0.15, 0.2) is 78.9 Å². The minimum Gasteiger partial charge on any atom is -0.452 e. The molecule has 4 aromatic rings. The molecule has 0 unspecified atom stereocenters. The molecule has 0 radical (unpaired) electrons. The molecule has 0 fully saturated rings. The average Bonchev–Trinajstić information content (AvgIpc) is 2.80. The first-order valence-corrected chi connectivity index (χ1v) is 10.1. The number of benzene rings is 4. The van der Waals surface area contributed by atoms with Gasteiger partial charge >= 0.3 is 5.97 Å². The van der Waals surface area contributed by atoms with Gasteiger partial charge in [-0.05, 0) is 45.2 Å². The van der Waals surface area contributed by atoms with Gasteiger partial charge in [-0.3, -0.25) is 4.79 Å². The summed E-state index contributed by atoms with van der Waals surface area (Å²) < 4.78 is 5.52. The lowest BCUT2D eigenvalue weighted by atomic mass is 9.97. The number of hydrogen-bond acceptors (Lipinski definition) is 3. The lowest BCUT2D eigenvalue weighted by Crippen LogP contribution is -2.38. The quantitative estimate of drug-likeness (QED) is 0.372. The number of carbonyl (C=O) groups excluding carboxylic acids is 2. The van der Waals surface area contributed by atoms with Crippen LogP contribution in [0.4, 0.5) is 0 Å². The minimum absolute atomic E-state index is 0.164. The maximum Gasteiger partial charge on any atom is 0.339 e. The number of hydrogen-bond donors (Lipinski definition) is 0. The molecule has 4 heteroatoms. The average molecular weight is 395 g/mol. The van der Waals surface area contributed by atoms with E-state index in [0.717, 1.165) is 33.5 Å². The molecule has 0 bridgehead atoms. The largest absolute Gasteiger partial charge is 0.452 e. The maximum atomic E-state index is 13.1.